The molecule has 0 aromatic heterocycles. The number of benzene rings is 4. The Balaban J connectivity index is 1.55. The summed E-state index contributed by atoms with van der Waals surface area (Å²) in [5, 5.41) is 0.277. The van der Waals surface area contributed by atoms with Crippen molar-refractivity contribution < 1.29 is 23.5 Å². The van der Waals surface area contributed by atoms with E-state index >= 15 is 0 Å². The Bertz CT molecular complexity index is 1550. The van der Waals surface area contributed by atoms with E-state index in [0.29, 0.717) is 22.7 Å². The van der Waals surface area contributed by atoms with Crippen LogP contribution in [-0.2, 0) is 16.2 Å². The van der Waals surface area contributed by atoms with Gasteiger partial charge in [0.2, 0.25) is 0 Å². The molecule has 2 amide bonds. The highest BCUT2D eigenvalue weighted by atomic mass is 35.5. The Morgan fingerprint density at radius 2 is 1.43 bits per heavy atom. The molecule has 9 heteroatoms. The van der Waals surface area contributed by atoms with E-state index in [1.54, 1.807) is 72.8 Å². The van der Waals surface area contributed by atoms with E-state index in [0.717, 1.165) is 0 Å². The largest absolute Gasteiger partial charge is 0.493 e. The van der Waals surface area contributed by atoms with Gasteiger partial charge in [-0.05, 0) is 72.4 Å². The highest BCUT2D eigenvalue weighted by Crippen LogP contribution is 2.33. The van der Waals surface area contributed by atoms with Crippen LogP contribution in [0.25, 0.3) is 6.08 Å². The summed E-state index contributed by atoms with van der Waals surface area (Å²) in [6, 6.07) is 27.1. The van der Waals surface area contributed by atoms with Crippen molar-refractivity contribution >= 4 is 58.2 Å². The maximum Gasteiger partial charge on any atom is 0.270 e. The lowest BCUT2D eigenvalue weighted by Gasteiger charge is -2.36. The molecule has 0 unspecified atom stereocenters. The first-order valence-corrected chi connectivity index (χ1v) is 13.0. The number of hydrogen-bond donors (Lipinski definition) is 0. The van der Waals surface area contributed by atoms with Crippen molar-refractivity contribution in [2.24, 2.45) is 0 Å². The van der Waals surface area contributed by atoms with Crippen LogP contribution in [0.15, 0.2) is 103 Å². The van der Waals surface area contributed by atoms with E-state index in [2.05, 4.69) is 0 Å². The predicted molar refractivity (Wildman–Crippen MR) is 157 cm³/mol. The van der Waals surface area contributed by atoms with Crippen LogP contribution in [0.2, 0.25) is 5.02 Å². The summed E-state index contributed by atoms with van der Waals surface area (Å²) in [5.41, 5.74) is 1.63. The Hall–Kier alpha value is -4.53. The SMILES string of the molecule is COc1ccc(C=C2C(=O)N(c3ccccc3)C(=S)N(c3ccccc3)C2=O)cc1OCc1c(F)cccc1Cl. The highest BCUT2D eigenvalue weighted by Gasteiger charge is 2.41. The lowest BCUT2D eigenvalue weighted by atomic mass is 10.0. The van der Waals surface area contributed by atoms with E-state index in [-0.39, 0.29) is 33.6 Å². The van der Waals surface area contributed by atoms with Crippen LogP contribution >= 0.6 is 23.8 Å². The van der Waals surface area contributed by atoms with Gasteiger partial charge in [-0.3, -0.25) is 19.4 Å². The van der Waals surface area contributed by atoms with E-state index in [1.165, 1.54) is 35.1 Å². The Morgan fingerprint density at radius 1 is 0.825 bits per heavy atom. The number of carbonyl (C=O) groups excluding carboxylic acids is 2. The molecule has 0 radical (unpaired) electrons. The maximum absolute atomic E-state index is 14.3. The van der Waals surface area contributed by atoms with Gasteiger partial charge in [0.15, 0.2) is 16.6 Å². The average molecular weight is 573 g/mol. The first-order chi connectivity index (χ1) is 19.4. The monoisotopic (exact) mass is 572 g/mol. The quantitative estimate of drug-likeness (QED) is 0.138. The Labute approximate surface area is 240 Å². The van der Waals surface area contributed by atoms with E-state index in [9.17, 15) is 14.0 Å². The van der Waals surface area contributed by atoms with E-state index in [1.807, 2.05) is 12.1 Å². The molecule has 5 rings (SSSR count). The van der Waals surface area contributed by atoms with Crippen molar-refractivity contribution in [3.05, 3.63) is 125 Å². The van der Waals surface area contributed by atoms with Crippen LogP contribution in [0.3, 0.4) is 0 Å². The summed E-state index contributed by atoms with van der Waals surface area (Å²) < 4.78 is 25.6. The molecule has 1 aliphatic heterocycles. The van der Waals surface area contributed by atoms with Gasteiger partial charge in [-0.2, -0.15) is 0 Å². The van der Waals surface area contributed by atoms with Crippen LogP contribution in [0.5, 0.6) is 11.5 Å². The molecule has 0 N–H and O–H groups in total. The number of anilines is 2. The fourth-order valence-corrected chi connectivity index (χ4v) is 4.82. The fraction of sp³-hybridized carbons (Fsp3) is 0.0645. The van der Waals surface area contributed by atoms with Crippen LogP contribution in [0.1, 0.15) is 11.1 Å². The molecule has 0 aliphatic carbocycles. The molecule has 1 aliphatic rings. The summed E-state index contributed by atoms with van der Waals surface area (Å²) in [4.78, 5) is 30.1. The standard InChI is InChI=1S/C31H22ClFN2O4S/c1-38-27-16-15-20(18-28(27)39-19-24-25(32)13-8-14-26(24)33)17-23-29(36)34(21-9-4-2-5-10-21)31(40)35(30(23)37)22-11-6-3-7-12-22/h2-18H,19H2,1H3. The molecule has 1 fully saturated rings. The van der Waals surface area contributed by atoms with Crippen molar-refractivity contribution in [3.8, 4) is 11.5 Å². The van der Waals surface area contributed by atoms with Crippen molar-refractivity contribution in [1.82, 2.24) is 0 Å². The molecule has 0 atom stereocenters. The number of thiocarbonyl (C=S) groups is 1. The number of rotatable bonds is 7. The number of hydrogen-bond acceptors (Lipinski definition) is 5. The van der Waals surface area contributed by atoms with Crippen LogP contribution in [0.4, 0.5) is 15.8 Å². The highest BCUT2D eigenvalue weighted by molar-refractivity contribution is 7.81. The van der Waals surface area contributed by atoms with E-state index < -0.39 is 17.6 Å². The number of nitrogens with zero attached hydrogens (tertiary/aromatic N) is 2. The van der Waals surface area contributed by atoms with Crippen molar-refractivity contribution in [1.29, 1.82) is 0 Å². The third-order valence-electron chi connectivity index (χ3n) is 6.21. The second-order valence-corrected chi connectivity index (χ2v) is 9.46. The summed E-state index contributed by atoms with van der Waals surface area (Å²) >= 11 is 11.8. The molecule has 0 spiro atoms. The number of carbonyl (C=O) groups is 2. The number of halogens is 2. The molecule has 4 aromatic carbocycles. The summed E-state index contributed by atoms with van der Waals surface area (Å²) in [6.45, 7) is -0.155. The van der Waals surface area contributed by atoms with Crippen LogP contribution in [0, 0.1) is 5.82 Å². The minimum Gasteiger partial charge on any atom is -0.493 e. The van der Waals surface area contributed by atoms with Crippen molar-refractivity contribution in [2.75, 3.05) is 16.9 Å². The zero-order valence-corrected chi connectivity index (χ0v) is 22.8. The molecule has 0 bridgehead atoms. The minimum absolute atomic E-state index is 0.0464. The van der Waals surface area contributed by atoms with Crippen molar-refractivity contribution in [3.63, 3.8) is 0 Å². The zero-order valence-electron chi connectivity index (χ0n) is 21.2. The minimum atomic E-state index is -0.565. The van der Waals surface area contributed by atoms with Crippen LogP contribution < -0.4 is 19.3 Å². The van der Waals surface area contributed by atoms with Gasteiger partial charge in [-0.1, -0.05) is 60.1 Å². The predicted octanol–water partition coefficient (Wildman–Crippen LogP) is 6.82. The van der Waals surface area contributed by atoms with Gasteiger partial charge in [-0.25, -0.2) is 4.39 Å². The first kappa shape index (κ1) is 27.1. The number of methoxy groups -OCH3 is 1. The average Bonchev–Trinajstić information content (AvgIpc) is 2.96. The second kappa shape index (κ2) is 11.7. The summed E-state index contributed by atoms with van der Waals surface area (Å²) in [5.74, 6) is -0.966. The third kappa shape index (κ3) is 5.32. The lowest BCUT2D eigenvalue weighted by Crippen LogP contribution is -2.56. The molecule has 200 valence electrons. The lowest BCUT2D eigenvalue weighted by molar-refractivity contribution is -0.120. The van der Waals surface area contributed by atoms with E-state index in [4.69, 9.17) is 33.3 Å². The first-order valence-electron chi connectivity index (χ1n) is 12.2. The maximum atomic E-state index is 14.3. The fourth-order valence-electron chi connectivity index (χ4n) is 4.22. The summed E-state index contributed by atoms with van der Waals surface area (Å²) in [6.07, 6.45) is 1.47. The molecular formula is C31H22ClFN2O4S. The molecule has 40 heavy (non-hydrogen) atoms. The topological polar surface area (TPSA) is 59.1 Å². The summed E-state index contributed by atoms with van der Waals surface area (Å²) in [7, 11) is 1.47. The van der Waals surface area contributed by atoms with Gasteiger partial charge in [0.25, 0.3) is 11.8 Å². The number of para-hydroxylation sites is 2. The van der Waals surface area contributed by atoms with Gasteiger partial charge >= 0.3 is 0 Å². The molecule has 0 saturated carbocycles. The van der Waals surface area contributed by atoms with Gasteiger partial charge in [0.05, 0.1) is 23.5 Å². The zero-order chi connectivity index (χ0) is 28.2. The van der Waals surface area contributed by atoms with Crippen molar-refractivity contribution in [2.45, 2.75) is 6.61 Å². The number of amides is 2. The molecule has 6 nitrogen and oxygen atoms in total. The van der Waals surface area contributed by atoms with Gasteiger partial charge in [0, 0.05) is 5.56 Å². The van der Waals surface area contributed by atoms with Gasteiger partial charge in [0.1, 0.15) is 18.0 Å². The smallest absolute Gasteiger partial charge is 0.270 e. The number of ether oxygens (including phenoxy) is 2. The van der Waals surface area contributed by atoms with Crippen LogP contribution in [-0.4, -0.2) is 24.0 Å². The third-order valence-corrected chi connectivity index (χ3v) is 6.93. The van der Waals surface area contributed by atoms with Gasteiger partial charge in [-0.15, -0.1) is 0 Å². The molecule has 1 saturated heterocycles. The molecule has 1 heterocycles. The second-order valence-electron chi connectivity index (χ2n) is 8.69. The normalized spacial score (nSPS) is 13.5. The van der Waals surface area contributed by atoms with Gasteiger partial charge < -0.3 is 9.47 Å². The molecular weight excluding hydrogens is 551 g/mol. The Morgan fingerprint density at radius 3 is 1.98 bits per heavy atom. The molecule has 4 aromatic rings. The Kier molecular flexibility index (Phi) is 7.91.